The van der Waals surface area contributed by atoms with Gasteiger partial charge in [-0.2, -0.15) is 0 Å². The van der Waals surface area contributed by atoms with Gasteiger partial charge in [0.15, 0.2) is 0 Å². The van der Waals surface area contributed by atoms with Gasteiger partial charge < -0.3 is 9.47 Å². The van der Waals surface area contributed by atoms with Crippen molar-refractivity contribution in [2.45, 2.75) is 51.7 Å². The molecule has 0 saturated heterocycles. The number of primary sulfonamides is 2. The third-order valence-corrected chi connectivity index (χ3v) is 6.54. The van der Waals surface area contributed by atoms with Crippen LogP contribution >= 0.6 is 0 Å². The van der Waals surface area contributed by atoms with Gasteiger partial charge in [-0.25, -0.2) is 36.7 Å². The number of rotatable bonds is 12. The number of sulfonamides is 2. The fourth-order valence-corrected chi connectivity index (χ4v) is 4.05. The van der Waals surface area contributed by atoms with Crippen LogP contribution in [0.2, 0.25) is 0 Å². The van der Waals surface area contributed by atoms with Crippen molar-refractivity contribution in [1.82, 2.24) is 0 Å². The van der Waals surface area contributed by atoms with E-state index in [4.69, 9.17) is 19.8 Å². The van der Waals surface area contributed by atoms with Gasteiger partial charge in [0.1, 0.15) is 12.2 Å². The predicted octanol–water partition coefficient (Wildman–Crippen LogP) is 2.60. The Morgan fingerprint density at radius 2 is 0.972 bits per heavy atom. The summed E-state index contributed by atoms with van der Waals surface area (Å²) in [4.78, 5) is 23.5. The van der Waals surface area contributed by atoms with Crippen molar-refractivity contribution >= 4 is 32.0 Å². The molecule has 0 saturated carbocycles. The molecule has 0 aliphatic heterocycles. The highest BCUT2D eigenvalue weighted by Gasteiger charge is 2.17. The molecule has 4 N–H and O–H groups in total. The third-order valence-electron chi connectivity index (χ3n) is 4.93. The van der Waals surface area contributed by atoms with Crippen molar-refractivity contribution in [2.75, 3.05) is 11.5 Å². The number of hydrogen-bond acceptors (Lipinski definition) is 8. The number of nitrogens with two attached hydrogens (primary N) is 2. The van der Waals surface area contributed by atoms with Gasteiger partial charge in [0.05, 0.1) is 22.6 Å². The molecule has 2 aromatic carbocycles. The molecule has 0 amide bonds. The van der Waals surface area contributed by atoms with Gasteiger partial charge in [-0.15, -0.1) is 0 Å². The molecule has 0 fully saturated rings. The van der Waals surface area contributed by atoms with Crippen molar-refractivity contribution in [3.8, 4) is 0 Å². The largest absolute Gasteiger partial charge is 0.459 e. The van der Waals surface area contributed by atoms with Crippen molar-refractivity contribution in [3.63, 3.8) is 0 Å². The van der Waals surface area contributed by atoms with Gasteiger partial charge in [0.2, 0.25) is 20.0 Å². The topological polar surface area (TPSA) is 173 Å². The highest BCUT2D eigenvalue weighted by Crippen LogP contribution is 2.11. The van der Waals surface area contributed by atoms with Gasteiger partial charge in [-0.3, -0.25) is 0 Å². The van der Waals surface area contributed by atoms with Crippen LogP contribution in [0.3, 0.4) is 0 Å². The Kier molecular flexibility index (Phi) is 13.3. The van der Waals surface area contributed by atoms with Crippen LogP contribution in [0.4, 0.5) is 0 Å². The van der Waals surface area contributed by atoms with Crippen LogP contribution in [-0.4, -0.2) is 52.5 Å². The maximum Gasteiger partial charge on any atom is 0.338 e. The van der Waals surface area contributed by atoms with E-state index in [-0.39, 0.29) is 24.3 Å². The molecule has 2 aromatic rings. The second kappa shape index (κ2) is 15.3. The lowest BCUT2D eigenvalue weighted by Crippen LogP contribution is -2.24. The van der Waals surface area contributed by atoms with E-state index in [0.717, 1.165) is 0 Å². The highest BCUT2D eigenvalue weighted by atomic mass is 32.2. The lowest BCUT2D eigenvalue weighted by Gasteiger charge is -2.15. The van der Waals surface area contributed by atoms with Gasteiger partial charge in [0.25, 0.3) is 0 Å². The van der Waals surface area contributed by atoms with E-state index >= 15 is 0 Å². The summed E-state index contributed by atoms with van der Waals surface area (Å²) in [6.07, 6.45) is 0.663. The molecular weight excluding hydrogens is 508 g/mol. The van der Waals surface area contributed by atoms with Crippen molar-refractivity contribution in [1.29, 1.82) is 0 Å². The number of ether oxygens (including phenoxy) is 2. The molecule has 2 rings (SSSR count). The van der Waals surface area contributed by atoms with E-state index in [2.05, 4.69) is 0 Å². The van der Waals surface area contributed by atoms with Crippen molar-refractivity contribution in [3.05, 3.63) is 71.8 Å². The monoisotopic (exact) mass is 542 g/mol. The SMILES string of the molecule is CCC(CCS(N)(=O)=O)OC(=O)c1ccccc1.CCC(CCS(N)(=O)=O)OC(=O)c1ccccc1. The Hall–Kier alpha value is -2.80. The zero-order chi connectivity index (χ0) is 27.2. The minimum absolute atomic E-state index is 0.187. The first-order chi connectivity index (χ1) is 16.8. The number of benzene rings is 2. The Labute approximate surface area is 213 Å². The quantitative estimate of drug-likeness (QED) is 0.385. The first-order valence-electron chi connectivity index (χ1n) is 11.4. The van der Waals surface area contributed by atoms with Crippen LogP contribution in [0.15, 0.2) is 60.7 Å². The molecule has 36 heavy (non-hydrogen) atoms. The summed E-state index contributed by atoms with van der Waals surface area (Å²) in [5.74, 6) is -1.27. The molecule has 2 atom stereocenters. The molecule has 0 aliphatic rings. The fraction of sp³-hybridized carbons (Fsp3) is 0.417. The van der Waals surface area contributed by atoms with Crippen LogP contribution in [0.25, 0.3) is 0 Å². The smallest absolute Gasteiger partial charge is 0.338 e. The molecule has 12 heteroatoms. The third kappa shape index (κ3) is 13.9. The number of hydrogen-bond donors (Lipinski definition) is 2. The summed E-state index contributed by atoms with van der Waals surface area (Å²) in [5, 5.41) is 9.82. The van der Waals surface area contributed by atoms with Crippen LogP contribution < -0.4 is 10.3 Å². The molecule has 200 valence electrons. The second-order valence-electron chi connectivity index (χ2n) is 7.91. The first-order valence-corrected chi connectivity index (χ1v) is 14.8. The molecule has 10 nitrogen and oxygen atoms in total. The minimum Gasteiger partial charge on any atom is -0.459 e. The van der Waals surface area contributed by atoms with Crippen LogP contribution in [-0.2, 0) is 29.5 Å². The Morgan fingerprint density at radius 3 is 1.22 bits per heavy atom. The standard InChI is InChI=1S/2C12H17NO4S/c2*1-2-11(8-9-18(13,15)16)17-12(14)10-6-4-3-5-7-10/h2*3-7,11H,2,8-9H2,1H3,(H2,13,15,16). The van der Waals surface area contributed by atoms with Crippen molar-refractivity contribution in [2.24, 2.45) is 10.3 Å². The molecule has 0 aromatic heterocycles. The summed E-state index contributed by atoms with van der Waals surface area (Å²) >= 11 is 0. The Bertz CT molecular complexity index is 1060. The van der Waals surface area contributed by atoms with E-state index < -0.39 is 44.2 Å². The fourth-order valence-electron chi connectivity index (χ4n) is 2.87. The maximum atomic E-state index is 11.7. The van der Waals surface area contributed by atoms with E-state index in [0.29, 0.717) is 24.0 Å². The number of carbonyl (C=O) groups is 2. The molecule has 0 spiro atoms. The zero-order valence-corrected chi connectivity index (χ0v) is 22.0. The average molecular weight is 543 g/mol. The minimum atomic E-state index is -3.52. The van der Waals surface area contributed by atoms with E-state index in [9.17, 15) is 26.4 Å². The summed E-state index contributed by atoms with van der Waals surface area (Å²) in [6.45, 7) is 3.65. The summed E-state index contributed by atoms with van der Waals surface area (Å²) in [7, 11) is -7.04. The molecule has 0 bridgehead atoms. The zero-order valence-electron chi connectivity index (χ0n) is 20.4. The lowest BCUT2D eigenvalue weighted by atomic mass is 10.2. The van der Waals surface area contributed by atoms with E-state index in [1.807, 2.05) is 13.8 Å². The van der Waals surface area contributed by atoms with Crippen molar-refractivity contribution < 1.29 is 35.9 Å². The highest BCUT2D eigenvalue weighted by molar-refractivity contribution is 7.89. The number of esters is 2. The molecule has 0 aliphatic carbocycles. The average Bonchev–Trinajstić information content (AvgIpc) is 2.84. The molecular formula is C24H34N2O8S2. The molecule has 0 heterocycles. The number of carbonyl (C=O) groups excluding carboxylic acids is 2. The van der Waals surface area contributed by atoms with Crippen LogP contribution in [0.5, 0.6) is 0 Å². The molecule has 2 unspecified atom stereocenters. The Morgan fingerprint density at radius 1 is 0.667 bits per heavy atom. The Balaban J connectivity index is 0.000000360. The van der Waals surface area contributed by atoms with E-state index in [1.54, 1.807) is 60.7 Å². The van der Waals surface area contributed by atoms with Crippen LogP contribution in [0.1, 0.15) is 60.2 Å². The van der Waals surface area contributed by atoms with Gasteiger partial charge in [0, 0.05) is 0 Å². The first kappa shape index (κ1) is 31.2. The maximum absolute atomic E-state index is 11.7. The van der Waals surface area contributed by atoms with Gasteiger partial charge in [-0.05, 0) is 49.9 Å². The summed E-state index contributed by atoms with van der Waals surface area (Å²) in [5.41, 5.74) is 0.901. The summed E-state index contributed by atoms with van der Waals surface area (Å²) < 4.78 is 53.8. The van der Waals surface area contributed by atoms with Gasteiger partial charge >= 0.3 is 11.9 Å². The van der Waals surface area contributed by atoms with Gasteiger partial charge in [-0.1, -0.05) is 50.2 Å². The molecule has 0 radical (unpaired) electrons. The van der Waals surface area contributed by atoms with Crippen LogP contribution in [0, 0.1) is 0 Å². The summed E-state index contributed by atoms with van der Waals surface area (Å²) in [6, 6.07) is 17.1. The normalized spacial score (nSPS) is 13.0. The lowest BCUT2D eigenvalue weighted by molar-refractivity contribution is 0.0277. The van der Waals surface area contributed by atoms with E-state index in [1.165, 1.54) is 0 Å². The second-order valence-corrected chi connectivity index (χ2v) is 11.4. The predicted molar refractivity (Wildman–Crippen MR) is 137 cm³/mol.